The van der Waals surface area contributed by atoms with E-state index >= 15 is 0 Å². The topological polar surface area (TPSA) is 66.4 Å². The standard InChI is InChI=1S/C16H12FNO3/c17-14-8-10(5-6-12(14)16(20)21)18-15(19)13-7-9-3-1-2-4-11(9)13/h1-6,8,13H,7H2,(H,18,19)(H,20,21). The highest BCUT2D eigenvalue weighted by Gasteiger charge is 2.31. The molecule has 2 N–H and O–H groups in total. The third kappa shape index (κ3) is 2.38. The zero-order valence-electron chi connectivity index (χ0n) is 11.0. The van der Waals surface area contributed by atoms with Crippen molar-refractivity contribution in [2.45, 2.75) is 12.3 Å². The molecule has 1 aliphatic rings. The summed E-state index contributed by atoms with van der Waals surface area (Å²) in [5, 5.41) is 11.4. The lowest BCUT2D eigenvalue weighted by Crippen LogP contribution is -2.30. The predicted octanol–water partition coefficient (Wildman–Crippen LogP) is 2.80. The molecule has 1 unspecified atom stereocenters. The van der Waals surface area contributed by atoms with Crippen LogP contribution in [-0.4, -0.2) is 17.0 Å². The number of hydrogen-bond acceptors (Lipinski definition) is 2. The predicted molar refractivity (Wildman–Crippen MR) is 74.9 cm³/mol. The molecule has 1 aliphatic carbocycles. The second-order valence-corrected chi connectivity index (χ2v) is 4.94. The highest BCUT2D eigenvalue weighted by molar-refractivity contribution is 5.98. The zero-order valence-corrected chi connectivity index (χ0v) is 11.0. The minimum Gasteiger partial charge on any atom is -0.478 e. The molecule has 5 heteroatoms. The number of anilines is 1. The summed E-state index contributed by atoms with van der Waals surface area (Å²) in [4.78, 5) is 22.9. The summed E-state index contributed by atoms with van der Waals surface area (Å²) in [6.45, 7) is 0. The van der Waals surface area contributed by atoms with E-state index in [0.29, 0.717) is 6.42 Å². The lowest BCUT2D eigenvalue weighted by molar-refractivity contribution is -0.118. The first-order valence-corrected chi connectivity index (χ1v) is 6.48. The van der Waals surface area contributed by atoms with Crippen LogP contribution >= 0.6 is 0 Å². The fourth-order valence-corrected chi connectivity index (χ4v) is 2.49. The number of benzene rings is 2. The quantitative estimate of drug-likeness (QED) is 0.911. The average molecular weight is 285 g/mol. The first kappa shape index (κ1) is 13.3. The van der Waals surface area contributed by atoms with Gasteiger partial charge in [0.1, 0.15) is 5.82 Å². The summed E-state index contributed by atoms with van der Waals surface area (Å²) >= 11 is 0. The smallest absolute Gasteiger partial charge is 0.338 e. The number of carboxylic acids is 1. The number of amides is 1. The maximum absolute atomic E-state index is 13.6. The summed E-state index contributed by atoms with van der Waals surface area (Å²) in [6.07, 6.45) is 0.664. The van der Waals surface area contributed by atoms with E-state index in [1.807, 2.05) is 24.3 Å². The molecule has 0 aromatic heterocycles. The Morgan fingerprint density at radius 1 is 1.19 bits per heavy atom. The number of halogens is 1. The van der Waals surface area contributed by atoms with Gasteiger partial charge in [-0.2, -0.15) is 0 Å². The summed E-state index contributed by atoms with van der Waals surface area (Å²) in [6, 6.07) is 11.2. The fourth-order valence-electron chi connectivity index (χ4n) is 2.49. The summed E-state index contributed by atoms with van der Waals surface area (Å²) in [5.41, 5.74) is 1.97. The largest absolute Gasteiger partial charge is 0.478 e. The second-order valence-electron chi connectivity index (χ2n) is 4.94. The molecule has 4 nitrogen and oxygen atoms in total. The molecule has 2 aromatic rings. The molecule has 1 atom stereocenters. The Labute approximate surface area is 120 Å². The van der Waals surface area contributed by atoms with Crippen LogP contribution in [0.5, 0.6) is 0 Å². The van der Waals surface area contributed by atoms with Crippen LogP contribution in [-0.2, 0) is 11.2 Å². The third-order valence-corrected chi connectivity index (χ3v) is 3.64. The number of fused-ring (bicyclic) bond motifs is 1. The maximum Gasteiger partial charge on any atom is 0.338 e. The van der Waals surface area contributed by atoms with Gasteiger partial charge in [0, 0.05) is 5.69 Å². The molecule has 106 valence electrons. The van der Waals surface area contributed by atoms with E-state index in [2.05, 4.69) is 5.32 Å². The molecule has 0 spiro atoms. The highest BCUT2D eigenvalue weighted by Crippen LogP contribution is 2.35. The Balaban J connectivity index is 1.75. The van der Waals surface area contributed by atoms with Crippen molar-refractivity contribution in [1.82, 2.24) is 0 Å². The van der Waals surface area contributed by atoms with Crippen molar-refractivity contribution in [3.63, 3.8) is 0 Å². The number of aromatic carboxylic acids is 1. The molecule has 0 saturated carbocycles. The number of rotatable bonds is 3. The number of hydrogen-bond donors (Lipinski definition) is 2. The van der Waals surface area contributed by atoms with E-state index in [0.717, 1.165) is 23.3 Å². The van der Waals surface area contributed by atoms with Gasteiger partial charge in [0.05, 0.1) is 11.5 Å². The van der Waals surface area contributed by atoms with E-state index in [1.54, 1.807) is 0 Å². The number of carboxylic acid groups (broad SMARTS) is 1. The summed E-state index contributed by atoms with van der Waals surface area (Å²) in [5.74, 6) is -2.65. The molecule has 0 fully saturated rings. The molecule has 0 saturated heterocycles. The molecule has 3 rings (SSSR count). The number of carbonyl (C=O) groups is 2. The van der Waals surface area contributed by atoms with Crippen LogP contribution in [0.15, 0.2) is 42.5 Å². The monoisotopic (exact) mass is 285 g/mol. The molecular formula is C16H12FNO3. The lowest BCUT2D eigenvalue weighted by Gasteiger charge is -2.28. The SMILES string of the molecule is O=C(O)c1ccc(NC(=O)C2Cc3ccccc32)cc1F. The number of carbonyl (C=O) groups excluding carboxylic acids is 1. The molecule has 0 heterocycles. The Morgan fingerprint density at radius 2 is 1.95 bits per heavy atom. The molecule has 0 bridgehead atoms. The molecule has 21 heavy (non-hydrogen) atoms. The Bertz CT molecular complexity index is 742. The highest BCUT2D eigenvalue weighted by atomic mass is 19.1. The van der Waals surface area contributed by atoms with Crippen LogP contribution in [0.3, 0.4) is 0 Å². The average Bonchev–Trinajstić information content (AvgIpc) is 2.39. The van der Waals surface area contributed by atoms with Crippen molar-refractivity contribution < 1.29 is 19.1 Å². The molecule has 0 aliphatic heterocycles. The van der Waals surface area contributed by atoms with Crippen molar-refractivity contribution in [2.24, 2.45) is 0 Å². The van der Waals surface area contributed by atoms with Gasteiger partial charge in [-0.1, -0.05) is 24.3 Å². The van der Waals surface area contributed by atoms with E-state index in [1.165, 1.54) is 6.07 Å². The summed E-state index contributed by atoms with van der Waals surface area (Å²) < 4.78 is 13.6. The Morgan fingerprint density at radius 3 is 2.62 bits per heavy atom. The van der Waals surface area contributed by atoms with E-state index in [-0.39, 0.29) is 17.5 Å². The van der Waals surface area contributed by atoms with Gasteiger partial charge in [-0.3, -0.25) is 4.79 Å². The fraction of sp³-hybridized carbons (Fsp3) is 0.125. The first-order chi connectivity index (χ1) is 10.1. The molecule has 2 aromatic carbocycles. The Hall–Kier alpha value is -2.69. The maximum atomic E-state index is 13.6. The zero-order chi connectivity index (χ0) is 15.0. The minimum absolute atomic E-state index is 0.212. The molecule has 0 radical (unpaired) electrons. The van der Waals surface area contributed by atoms with Crippen molar-refractivity contribution in [3.05, 3.63) is 65.0 Å². The molecular weight excluding hydrogens is 273 g/mol. The molecule has 1 amide bonds. The van der Waals surface area contributed by atoms with Gasteiger partial charge >= 0.3 is 5.97 Å². The van der Waals surface area contributed by atoms with Crippen LogP contribution < -0.4 is 5.32 Å². The van der Waals surface area contributed by atoms with Crippen molar-refractivity contribution >= 4 is 17.6 Å². The van der Waals surface area contributed by atoms with E-state index < -0.39 is 17.3 Å². The Kier molecular flexibility index (Phi) is 3.17. The van der Waals surface area contributed by atoms with Gasteiger partial charge in [-0.05, 0) is 35.7 Å². The van der Waals surface area contributed by atoms with Gasteiger partial charge in [0.25, 0.3) is 0 Å². The van der Waals surface area contributed by atoms with Gasteiger partial charge < -0.3 is 10.4 Å². The van der Waals surface area contributed by atoms with Crippen LogP contribution in [0, 0.1) is 5.82 Å². The third-order valence-electron chi connectivity index (χ3n) is 3.64. The van der Waals surface area contributed by atoms with Crippen LogP contribution in [0.4, 0.5) is 10.1 Å². The van der Waals surface area contributed by atoms with Gasteiger partial charge in [-0.15, -0.1) is 0 Å². The van der Waals surface area contributed by atoms with E-state index in [9.17, 15) is 14.0 Å². The van der Waals surface area contributed by atoms with Crippen LogP contribution in [0.25, 0.3) is 0 Å². The van der Waals surface area contributed by atoms with Crippen molar-refractivity contribution in [3.8, 4) is 0 Å². The van der Waals surface area contributed by atoms with E-state index in [4.69, 9.17) is 5.11 Å². The van der Waals surface area contributed by atoms with Gasteiger partial charge in [0.2, 0.25) is 5.91 Å². The first-order valence-electron chi connectivity index (χ1n) is 6.48. The second kappa shape index (κ2) is 5.01. The van der Waals surface area contributed by atoms with Gasteiger partial charge in [0.15, 0.2) is 0 Å². The van der Waals surface area contributed by atoms with Crippen LogP contribution in [0.1, 0.15) is 27.4 Å². The number of nitrogens with one attached hydrogen (secondary N) is 1. The van der Waals surface area contributed by atoms with Crippen LogP contribution in [0.2, 0.25) is 0 Å². The lowest BCUT2D eigenvalue weighted by atomic mass is 9.77. The van der Waals surface area contributed by atoms with Crippen molar-refractivity contribution in [1.29, 1.82) is 0 Å². The van der Waals surface area contributed by atoms with Gasteiger partial charge in [-0.25, -0.2) is 9.18 Å². The summed E-state index contributed by atoms with van der Waals surface area (Å²) in [7, 11) is 0. The normalized spacial score (nSPS) is 15.8. The van der Waals surface area contributed by atoms with Crippen molar-refractivity contribution in [2.75, 3.05) is 5.32 Å². The minimum atomic E-state index is -1.33.